The molecule has 0 aromatic rings. The smallest absolute Gasteiger partial charge is 0.238 e. The van der Waals surface area contributed by atoms with Gasteiger partial charge < -0.3 is 10.6 Å². The van der Waals surface area contributed by atoms with Crippen molar-refractivity contribution in [3.8, 4) is 0 Å². The molecule has 3 N–H and O–H groups in total. The molecule has 0 saturated heterocycles. The second kappa shape index (κ2) is 2.48. The zero-order valence-corrected chi connectivity index (χ0v) is 7.61. The van der Waals surface area contributed by atoms with Crippen LogP contribution in [0, 0.1) is 5.92 Å². The molecular weight excluding hydrogens is 168 g/mol. The summed E-state index contributed by atoms with van der Waals surface area (Å²) in [4.78, 5) is 17.6. The third-order valence-corrected chi connectivity index (χ3v) is 2.42. The Morgan fingerprint density at radius 1 is 1.69 bits per heavy atom. The third-order valence-electron chi connectivity index (χ3n) is 2.42. The third kappa shape index (κ3) is 1.07. The van der Waals surface area contributed by atoms with Crippen molar-refractivity contribution in [3.05, 3.63) is 11.8 Å². The molecule has 2 heterocycles. The van der Waals surface area contributed by atoms with Crippen molar-refractivity contribution in [2.24, 2.45) is 16.6 Å². The predicted octanol–water partition coefficient (Wildman–Crippen LogP) is -0.778. The van der Waals surface area contributed by atoms with Gasteiger partial charge in [0.1, 0.15) is 12.1 Å². The minimum atomic E-state index is -0.169. The van der Waals surface area contributed by atoms with E-state index in [1.165, 1.54) is 0 Å². The fraction of sp³-hybridized carbons (Fsp3) is 0.500. The Hall–Kier alpha value is -1.52. The molecule has 2 aliphatic rings. The average molecular weight is 180 g/mol. The molecule has 0 fully saturated rings. The van der Waals surface area contributed by atoms with E-state index in [1.54, 1.807) is 0 Å². The topological polar surface area (TPSA) is 70.7 Å². The SMILES string of the molecule is CC1=CN(C)C2N=C(N)NC(=O)C12. The van der Waals surface area contributed by atoms with Crippen molar-refractivity contribution in [1.29, 1.82) is 0 Å². The first-order valence-corrected chi connectivity index (χ1v) is 4.14. The van der Waals surface area contributed by atoms with E-state index in [1.807, 2.05) is 25.1 Å². The molecule has 0 aliphatic carbocycles. The fourth-order valence-electron chi connectivity index (χ4n) is 1.83. The summed E-state index contributed by atoms with van der Waals surface area (Å²) in [7, 11) is 1.89. The summed E-state index contributed by atoms with van der Waals surface area (Å²) < 4.78 is 0. The van der Waals surface area contributed by atoms with Crippen molar-refractivity contribution in [1.82, 2.24) is 10.2 Å². The van der Waals surface area contributed by atoms with Gasteiger partial charge in [0.25, 0.3) is 0 Å². The highest BCUT2D eigenvalue weighted by Gasteiger charge is 2.39. The highest BCUT2D eigenvalue weighted by Crippen LogP contribution is 2.29. The number of carbonyl (C=O) groups excluding carboxylic acids is 1. The lowest BCUT2D eigenvalue weighted by molar-refractivity contribution is -0.123. The van der Waals surface area contributed by atoms with Gasteiger partial charge in [0, 0.05) is 13.2 Å². The molecule has 0 radical (unpaired) electrons. The van der Waals surface area contributed by atoms with Crippen LogP contribution in [0.1, 0.15) is 6.92 Å². The van der Waals surface area contributed by atoms with E-state index in [0.717, 1.165) is 5.57 Å². The number of nitrogens with two attached hydrogens (primary N) is 1. The molecule has 2 unspecified atom stereocenters. The summed E-state index contributed by atoms with van der Waals surface area (Å²) in [5.41, 5.74) is 6.49. The van der Waals surface area contributed by atoms with Crippen LogP contribution < -0.4 is 11.1 Å². The van der Waals surface area contributed by atoms with Crippen LogP contribution in [0.5, 0.6) is 0 Å². The molecule has 0 aromatic heterocycles. The molecule has 13 heavy (non-hydrogen) atoms. The van der Waals surface area contributed by atoms with Crippen molar-refractivity contribution in [2.75, 3.05) is 7.05 Å². The van der Waals surface area contributed by atoms with Gasteiger partial charge >= 0.3 is 0 Å². The number of hydrogen-bond donors (Lipinski definition) is 2. The first kappa shape index (κ1) is 8.10. The second-order valence-corrected chi connectivity index (χ2v) is 3.43. The molecule has 0 bridgehead atoms. The van der Waals surface area contributed by atoms with E-state index < -0.39 is 0 Å². The van der Waals surface area contributed by atoms with E-state index >= 15 is 0 Å². The van der Waals surface area contributed by atoms with Crippen LogP contribution in [0.25, 0.3) is 0 Å². The number of aliphatic imine (C=N–C) groups is 1. The van der Waals surface area contributed by atoms with Crippen LogP contribution in [-0.4, -0.2) is 30.0 Å². The number of fused-ring (bicyclic) bond motifs is 1. The van der Waals surface area contributed by atoms with Gasteiger partial charge in [-0.3, -0.25) is 10.1 Å². The van der Waals surface area contributed by atoms with Crippen LogP contribution in [0.4, 0.5) is 0 Å². The first-order chi connectivity index (χ1) is 6.09. The zero-order valence-electron chi connectivity index (χ0n) is 7.61. The first-order valence-electron chi connectivity index (χ1n) is 4.14. The standard InChI is InChI=1S/C8H12N4O/c1-4-3-12(2)6-5(4)7(13)11-8(9)10-6/h3,5-6H,1-2H3,(H3,9,10,11,13). The highest BCUT2D eigenvalue weighted by atomic mass is 16.2. The Morgan fingerprint density at radius 3 is 3.08 bits per heavy atom. The van der Waals surface area contributed by atoms with Crippen molar-refractivity contribution in [3.63, 3.8) is 0 Å². The zero-order chi connectivity index (χ0) is 9.59. The molecule has 5 heteroatoms. The summed E-state index contributed by atoms with van der Waals surface area (Å²) in [5, 5.41) is 2.52. The Labute approximate surface area is 76.3 Å². The summed E-state index contributed by atoms with van der Waals surface area (Å²) in [6.07, 6.45) is 1.78. The molecular formula is C8H12N4O. The summed E-state index contributed by atoms with van der Waals surface area (Å²) in [6, 6.07) is 0. The normalized spacial score (nSPS) is 32.2. The van der Waals surface area contributed by atoms with Crippen molar-refractivity contribution < 1.29 is 4.79 Å². The van der Waals surface area contributed by atoms with E-state index in [9.17, 15) is 4.79 Å². The molecule has 2 rings (SSSR count). The second-order valence-electron chi connectivity index (χ2n) is 3.43. The number of nitrogens with one attached hydrogen (secondary N) is 1. The summed E-state index contributed by atoms with van der Waals surface area (Å²) >= 11 is 0. The van der Waals surface area contributed by atoms with Crippen molar-refractivity contribution >= 4 is 11.9 Å². The highest BCUT2D eigenvalue weighted by molar-refractivity contribution is 6.00. The van der Waals surface area contributed by atoms with Gasteiger partial charge in [-0.2, -0.15) is 0 Å². The molecule has 70 valence electrons. The van der Waals surface area contributed by atoms with Gasteiger partial charge in [0.2, 0.25) is 5.91 Å². The van der Waals surface area contributed by atoms with Gasteiger partial charge in [0.15, 0.2) is 5.96 Å². The number of rotatable bonds is 0. The molecule has 0 spiro atoms. The Balaban J connectivity index is 2.37. The fourth-order valence-corrected chi connectivity index (χ4v) is 1.83. The minimum absolute atomic E-state index is 0.0596. The molecule has 2 atom stereocenters. The Kier molecular flexibility index (Phi) is 1.55. The Morgan fingerprint density at radius 2 is 2.38 bits per heavy atom. The number of carbonyl (C=O) groups is 1. The summed E-state index contributed by atoms with van der Waals surface area (Å²) in [5.74, 6) is -0.0194. The van der Waals surface area contributed by atoms with Crippen LogP contribution in [0.3, 0.4) is 0 Å². The van der Waals surface area contributed by atoms with Gasteiger partial charge in [0.05, 0.1) is 0 Å². The molecule has 0 aromatic carbocycles. The lowest BCUT2D eigenvalue weighted by Crippen LogP contribution is -2.50. The molecule has 1 amide bonds. The van der Waals surface area contributed by atoms with Gasteiger partial charge in [-0.05, 0) is 12.5 Å². The maximum Gasteiger partial charge on any atom is 0.238 e. The maximum atomic E-state index is 11.5. The molecule has 5 nitrogen and oxygen atoms in total. The van der Waals surface area contributed by atoms with Crippen LogP contribution in [-0.2, 0) is 4.79 Å². The van der Waals surface area contributed by atoms with E-state index in [0.29, 0.717) is 0 Å². The quantitative estimate of drug-likeness (QED) is 0.514. The number of amides is 1. The monoisotopic (exact) mass is 180 g/mol. The lowest BCUT2D eigenvalue weighted by Gasteiger charge is -2.27. The number of nitrogens with zero attached hydrogens (tertiary/aromatic N) is 2. The van der Waals surface area contributed by atoms with Crippen LogP contribution >= 0.6 is 0 Å². The van der Waals surface area contributed by atoms with E-state index in [-0.39, 0.29) is 24.0 Å². The van der Waals surface area contributed by atoms with Gasteiger partial charge in [-0.1, -0.05) is 0 Å². The van der Waals surface area contributed by atoms with Gasteiger partial charge in [-0.25, -0.2) is 4.99 Å². The minimum Gasteiger partial charge on any atom is -0.370 e. The molecule has 2 aliphatic heterocycles. The Bertz CT molecular complexity index is 320. The van der Waals surface area contributed by atoms with E-state index in [4.69, 9.17) is 5.73 Å². The largest absolute Gasteiger partial charge is 0.370 e. The van der Waals surface area contributed by atoms with Crippen LogP contribution in [0.15, 0.2) is 16.8 Å². The number of hydrogen-bond acceptors (Lipinski definition) is 4. The lowest BCUT2D eigenvalue weighted by atomic mass is 9.99. The van der Waals surface area contributed by atoms with E-state index in [2.05, 4.69) is 10.3 Å². The maximum absolute atomic E-state index is 11.5. The van der Waals surface area contributed by atoms with Crippen molar-refractivity contribution in [2.45, 2.75) is 13.1 Å². The molecule has 0 saturated carbocycles. The van der Waals surface area contributed by atoms with Crippen LogP contribution in [0.2, 0.25) is 0 Å². The average Bonchev–Trinajstić information content (AvgIpc) is 2.27. The predicted molar refractivity (Wildman–Crippen MR) is 48.6 cm³/mol. The summed E-state index contributed by atoms with van der Waals surface area (Å²) in [6.45, 7) is 1.93. The van der Waals surface area contributed by atoms with Gasteiger partial charge in [-0.15, -0.1) is 0 Å². The number of guanidine groups is 1.